The van der Waals surface area contributed by atoms with Crippen molar-refractivity contribution in [1.29, 1.82) is 0 Å². The minimum atomic E-state index is -3.91. The zero-order valence-electron chi connectivity index (χ0n) is 18.1. The van der Waals surface area contributed by atoms with Crippen LogP contribution in [-0.2, 0) is 26.0 Å². The first-order valence-corrected chi connectivity index (χ1v) is 12.3. The molecule has 33 heavy (non-hydrogen) atoms. The lowest BCUT2D eigenvalue weighted by molar-refractivity contribution is 0.0503. The number of hydrogen-bond donors (Lipinski definition) is 0. The highest BCUT2D eigenvalue weighted by molar-refractivity contribution is 7.89. The van der Waals surface area contributed by atoms with E-state index >= 15 is 0 Å². The van der Waals surface area contributed by atoms with Gasteiger partial charge in [0.05, 0.1) is 29.8 Å². The Balaban J connectivity index is 1.63. The monoisotopic (exact) mass is 480 g/mol. The van der Waals surface area contributed by atoms with Crippen LogP contribution >= 0.6 is 0 Å². The first-order valence-electron chi connectivity index (χ1n) is 10.9. The van der Waals surface area contributed by atoms with Gasteiger partial charge in [-0.1, -0.05) is 12.1 Å². The van der Waals surface area contributed by atoms with E-state index < -0.39 is 27.6 Å². The summed E-state index contributed by atoms with van der Waals surface area (Å²) in [6, 6.07) is 9.06. The number of benzene rings is 2. The maximum absolute atomic E-state index is 14.8. The normalized spacial score (nSPS) is 19.5. The summed E-state index contributed by atoms with van der Waals surface area (Å²) in [5, 5.41) is 0. The van der Waals surface area contributed by atoms with Crippen molar-refractivity contribution in [2.75, 3.05) is 39.5 Å². The van der Waals surface area contributed by atoms with Crippen LogP contribution in [0.5, 0.6) is 0 Å². The lowest BCUT2D eigenvalue weighted by Crippen LogP contribution is -2.41. The molecule has 1 unspecified atom stereocenters. The summed E-state index contributed by atoms with van der Waals surface area (Å²) in [6.07, 6.45) is 1.39. The Morgan fingerprint density at radius 3 is 2.58 bits per heavy atom. The molecule has 4 rings (SSSR count). The summed E-state index contributed by atoms with van der Waals surface area (Å²) >= 11 is 0. The average Bonchev–Trinajstić information content (AvgIpc) is 3.32. The zero-order valence-corrected chi connectivity index (χ0v) is 18.9. The standard InChI is InChI=1S/C23H26F2N2O5S/c24-18-4-1-3-17(13-18)15-26(16-19-5-2-10-32-19)23(28)21-14-20(6-7-22(21)25)33(29,30)27-8-11-31-12-9-27/h1,3-4,6-7,13-14,19H,2,5,8-12,15-16H2. The minimum Gasteiger partial charge on any atom is -0.379 e. The molecule has 0 N–H and O–H groups in total. The summed E-state index contributed by atoms with van der Waals surface area (Å²) in [6.45, 7) is 1.73. The second kappa shape index (κ2) is 10.3. The molecule has 2 aliphatic heterocycles. The molecule has 0 bridgehead atoms. The van der Waals surface area contributed by atoms with Crippen molar-refractivity contribution < 1.29 is 31.5 Å². The summed E-state index contributed by atoms with van der Waals surface area (Å²) in [4.78, 5) is 14.6. The fourth-order valence-corrected chi connectivity index (χ4v) is 5.48. The third-order valence-corrected chi connectivity index (χ3v) is 7.67. The molecule has 2 fully saturated rings. The molecule has 2 aliphatic rings. The quantitative estimate of drug-likeness (QED) is 0.609. The largest absolute Gasteiger partial charge is 0.379 e. The van der Waals surface area contributed by atoms with Gasteiger partial charge in [-0.3, -0.25) is 4.79 Å². The molecule has 10 heteroatoms. The van der Waals surface area contributed by atoms with Crippen LogP contribution in [0.3, 0.4) is 0 Å². The van der Waals surface area contributed by atoms with E-state index in [1.807, 2.05) is 0 Å². The van der Waals surface area contributed by atoms with Crippen LogP contribution in [-0.4, -0.2) is 69.1 Å². The van der Waals surface area contributed by atoms with Crippen LogP contribution in [0.15, 0.2) is 47.4 Å². The molecular weight excluding hydrogens is 454 g/mol. The summed E-state index contributed by atoms with van der Waals surface area (Å²) in [7, 11) is -3.91. The van der Waals surface area contributed by atoms with Gasteiger partial charge in [0.1, 0.15) is 11.6 Å². The van der Waals surface area contributed by atoms with E-state index in [-0.39, 0.29) is 56.0 Å². The Bertz CT molecular complexity index is 1100. The Morgan fingerprint density at radius 2 is 1.88 bits per heavy atom. The summed E-state index contributed by atoms with van der Waals surface area (Å²) in [5.74, 6) is -1.94. The maximum atomic E-state index is 14.8. The van der Waals surface area contributed by atoms with Crippen LogP contribution in [0.4, 0.5) is 8.78 Å². The first-order chi connectivity index (χ1) is 15.8. The molecule has 1 amide bonds. The van der Waals surface area contributed by atoms with Gasteiger partial charge in [0, 0.05) is 32.8 Å². The molecule has 7 nitrogen and oxygen atoms in total. The molecule has 2 saturated heterocycles. The average molecular weight is 481 g/mol. The van der Waals surface area contributed by atoms with Gasteiger partial charge < -0.3 is 14.4 Å². The van der Waals surface area contributed by atoms with Crippen LogP contribution in [0, 0.1) is 11.6 Å². The Labute approximate surface area is 191 Å². The zero-order chi connectivity index (χ0) is 23.4. The first kappa shape index (κ1) is 23.7. The number of rotatable bonds is 7. The van der Waals surface area contributed by atoms with E-state index in [9.17, 15) is 22.0 Å². The molecular formula is C23H26F2N2O5S. The minimum absolute atomic E-state index is 0.0380. The Hall–Kier alpha value is -2.40. The van der Waals surface area contributed by atoms with Gasteiger partial charge >= 0.3 is 0 Å². The number of carbonyl (C=O) groups excluding carboxylic acids is 1. The van der Waals surface area contributed by atoms with Gasteiger partial charge in [-0.25, -0.2) is 17.2 Å². The van der Waals surface area contributed by atoms with Crippen molar-refractivity contribution in [3.8, 4) is 0 Å². The second-order valence-corrected chi connectivity index (χ2v) is 10.0. The number of sulfonamides is 1. The number of ether oxygens (including phenoxy) is 2. The molecule has 1 atom stereocenters. The third kappa shape index (κ3) is 5.57. The molecule has 2 aromatic carbocycles. The topological polar surface area (TPSA) is 76.2 Å². The van der Waals surface area contributed by atoms with Crippen molar-refractivity contribution in [2.45, 2.75) is 30.4 Å². The summed E-state index contributed by atoms with van der Waals surface area (Å²) < 4.78 is 66.6. The fourth-order valence-electron chi connectivity index (χ4n) is 4.04. The van der Waals surface area contributed by atoms with Crippen molar-refractivity contribution in [3.63, 3.8) is 0 Å². The van der Waals surface area contributed by atoms with E-state index in [1.165, 1.54) is 27.4 Å². The predicted molar refractivity (Wildman–Crippen MR) is 116 cm³/mol. The van der Waals surface area contributed by atoms with E-state index in [0.29, 0.717) is 12.2 Å². The van der Waals surface area contributed by atoms with Gasteiger partial charge in [0.15, 0.2) is 0 Å². The molecule has 0 aromatic heterocycles. The lowest BCUT2D eigenvalue weighted by Gasteiger charge is -2.27. The highest BCUT2D eigenvalue weighted by atomic mass is 32.2. The number of carbonyl (C=O) groups is 1. The number of amides is 1. The fraction of sp³-hybridized carbons (Fsp3) is 0.435. The SMILES string of the molecule is O=C(c1cc(S(=O)(=O)N2CCOCC2)ccc1F)N(Cc1cccc(F)c1)CC1CCCO1. The van der Waals surface area contributed by atoms with Gasteiger partial charge in [-0.05, 0) is 48.7 Å². The summed E-state index contributed by atoms with van der Waals surface area (Å²) in [5.41, 5.74) is 0.192. The van der Waals surface area contributed by atoms with Crippen molar-refractivity contribution >= 4 is 15.9 Å². The van der Waals surface area contributed by atoms with Gasteiger partial charge in [0.25, 0.3) is 5.91 Å². The van der Waals surface area contributed by atoms with Gasteiger partial charge in [-0.15, -0.1) is 0 Å². The second-order valence-electron chi connectivity index (χ2n) is 8.11. The smallest absolute Gasteiger partial charge is 0.257 e. The molecule has 0 radical (unpaired) electrons. The highest BCUT2D eigenvalue weighted by Gasteiger charge is 2.30. The molecule has 2 aromatic rings. The highest BCUT2D eigenvalue weighted by Crippen LogP contribution is 2.23. The number of hydrogen-bond acceptors (Lipinski definition) is 5. The Kier molecular flexibility index (Phi) is 7.38. The third-order valence-electron chi connectivity index (χ3n) is 5.77. The van der Waals surface area contributed by atoms with Crippen molar-refractivity contribution in [2.24, 2.45) is 0 Å². The van der Waals surface area contributed by atoms with E-state index in [2.05, 4.69) is 0 Å². The Morgan fingerprint density at radius 1 is 1.09 bits per heavy atom. The molecule has 0 aliphatic carbocycles. The molecule has 0 saturated carbocycles. The lowest BCUT2D eigenvalue weighted by atomic mass is 10.1. The molecule has 2 heterocycles. The van der Waals surface area contributed by atoms with Crippen LogP contribution in [0.1, 0.15) is 28.8 Å². The van der Waals surface area contributed by atoms with Gasteiger partial charge in [-0.2, -0.15) is 4.31 Å². The number of nitrogens with zero attached hydrogens (tertiary/aromatic N) is 2. The predicted octanol–water partition coefficient (Wildman–Crippen LogP) is 2.81. The van der Waals surface area contributed by atoms with Crippen molar-refractivity contribution in [1.82, 2.24) is 9.21 Å². The van der Waals surface area contributed by atoms with Crippen LogP contribution in [0.25, 0.3) is 0 Å². The van der Waals surface area contributed by atoms with E-state index in [4.69, 9.17) is 9.47 Å². The van der Waals surface area contributed by atoms with Gasteiger partial charge in [0.2, 0.25) is 10.0 Å². The number of halogens is 2. The van der Waals surface area contributed by atoms with E-state index in [1.54, 1.807) is 6.07 Å². The number of morpholine rings is 1. The maximum Gasteiger partial charge on any atom is 0.257 e. The molecule has 0 spiro atoms. The van der Waals surface area contributed by atoms with E-state index in [0.717, 1.165) is 31.0 Å². The molecule has 178 valence electrons. The van der Waals surface area contributed by atoms with Crippen LogP contribution in [0.2, 0.25) is 0 Å². The van der Waals surface area contributed by atoms with Crippen molar-refractivity contribution in [3.05, 3.63) is 65.2 Å². The van der Waals surface area contributed by atoms with Crippen LogP contribution < -0.4 is 0 Å².